The highest BCUT2D eigenvalue weighted by molar-refractivity contribution is 6.31. The number of halogens is 1. The molecule has 3 aromatic heterocycles. The molecule has 3 N–H and O–H groups in total. The smallest absolute Gasteiger partial charge is 0.205 e. The van der Waals surface area contributed by atoms with E-state index < -0.39 is 0 Å². The molecule has 0 spiro atoms. The maximum Gasteiger partial charge on any atom is 0.205 e. The van der Waals surface area contributed by atoms with Crippen LogP contribution in [0.15, 0.2) is 47.5 Å². The summed E-state index contributed by atoms with van der Waals surface area (Å²) in [5.41, 5.74) is 10.9. The Bertz CT molecular complexity index is 1260. The number of hydrogen-bond donors (Lipinski definition) is 2. The highest BCUT2D eigenvalue weighted by Gasteiger charge is 2.21. The molecule has 172 valence electrons. The predicted octanol–water partition coefficient (Wildman–Crippen LogP) is 5.17. The van der Waals surface area contributed by atoms with Gasteiger partial charge in [0.15, 0.2) is 11.4 Å². The minimum atomic E-state index is -0.172. The third-order valence-electron chi connectivity index (χ3n) is 6.36. The number of fused-ring (bicyclic) bond motifs is 1. The summed E-state index contributed by atoms with van der Waals surface area (Å²) < 4.78 is 14.3. The fraction of sp³-hybridized carbons (Fsp3) is 0.360. The Kier molecular flexibility index (Phi) is 6.00. The molecule has 4 heterocycles. The molecule has 1 aromatic carbocycles. The summed E-state index contributed by atoms with van der Waals surface area (Å²) in [4.78, 5) is 4.39. The Balaban J connectivity index is 1.42. The Morgan fingerprint density at radius 1 is 1.30 bits per heavy atom. The lowest BCUT2D eigenvalue weighted by atomic mass is 10.0. The number of nitrogens with zero attached hydrogens (tertiary/aromatic N) is 3. The molecule has 1 aliphatic rings. The van der Waals surface area contributed by atoms with Crippen molar-refractivity contribution in [3.63, 3.8) is 0 Å². The number of benzene rings is 1. The summed E-state index contributed by atoms with van der Waals surface area (Å²) in [6.45, 7) is 6.08. The van der Waals surface area contributed by atoms with Crippen LogP contribution in [0.3, 0.4) is 0 Å². The number of nitrogen functional groups attached to an aromatic ring is 1. The van der Waals surface area contributed by atoms with Gasteiger partial charge in [0.2, 0.25) is 5.75 Å². The van der Waals surface area contributed by atoms with E-state index >= 15 is 0 Å². The number of piperidine rings is 1. The molecular formula is C25H28ClN5O2. The molecule has 0 saturated carbocycles. The van der Waals surface area contributed by atoms with E-state index in [1.165, 1.54) is 0 Å². The Labute approximate surface area is 197 Å². The number of nitrogens with two attached hydrogens (primary N) is 1. The molecule has 1 aliphatic heterocycles. The van der Waals surface area contributed by atoms with Crippen molar-refractivity contribution in [2.24, 2.45) is 0 Å². The number of pyridine rings is 1. The standard InChI is InChI=1S/C25H28ClN5O2/c1-15-4-3-5-22(26)19(15)10-16(2)33-24-23-20(12-29-25(24)27)21(14-32-23)17-11-30-31(13-17)18-6-8-28-9-7-18/h3-5,11-14,16,18,28H,6-10H2,1-2H3,(H2,27,29). The largest absolute Gasteiger partial charge is 0.483 e. The second kappa shape index (κ2) is 9.08. The van der Waals surface area contributed by atoms with Crippen LogP contribution in [0.1, 0.15) is 36.9 Å². The second-order valence-corrected chi connectivity index (χ2v) is 9.13. The van der Waals surface area contributed by atoms with Crippen molar-refractivity contribution in [2.45, 2.75) is 45.3 Å². The van der Waals surface area contributed by atoms with Crippen molar-refractivity contribution < 1.29 is 9.15 Å². The maximum atomic E-state index is 6.41. The molecule has 1 fully saturated rings. The third-order valence-corrected chi connectivity index (χ3v) is 6.71. The minimum absolute atomic E-state index is 0.172. The van der Waals surface area contributed by atoms with Crippen molar-refractivity contribution >= 4 is 28.4 Å². The van der Waals surface area contributed by atoms with Crippen LogP contribution in [0.5, 0.6) is 5.75 Å². The molecule has 0 radical (unpaired) electrons. The number of furan rings is 1. The highest BCUT2D eigenvalue weighted by atomic mass is 35.5. The van der Waals surface area contributed by atoms with Gasteiger partial charge in [-0.05, 0) is 57.0 Å². The molecule has 1 saturated heterocycles. The number of nitrogens with one attached hydrogen (secondary N) is 1. The Morgan fingerprint density at radius 2 is 2.12 bits per heavy atom. The number of aromatic nitrogens is 3. The van der Waals surface area contributed by atoms with Crippen LogP contribution < -0.4 is 15.8 Å². The van der Waals surface area contributed by atoms with Crippen LogP contribution in [0, 0.1) is 6.92 Å². The van der Waals surface area contributed by atoms with Crippen molar-refractivity contribution in [1.29, 1.82) is 0 Å². The van der Waals surface area contributed by atoms with Gasteiger partial charge in [-0.15, -0.1) is 0 Å². The first-order valence-corrected chi connectivity index (χ1v) is 11.7. The molecular weight excluding hydrogens is 438 g/mol. The summed E-state index contributed by atoms with van der Waals surface area (Å²) in [5.74, 6) is 0.762. The SMILES string of the molecule is Cc1cccc(Cl)c1CC(C)Oc1c(N)ncc2c(-c3cnn(C4CCNCC4)c3)coc12. The van der Waals surface area contributed by atoms with Crippen molar-refractivity contribution in [3.8, 4) is 16.9 Å². The van der Waals surface area contributed by atoms with Crippen LogP contribution in [0.2, 0.25) is 5.02 Å². The van der Waals surface area contributed by atoms with E-state index in [9.17, 15) is 0 Å². The van der Waals surface area contributed by atoms with Gasteiger partial charge in [0.25, 0.3) is 0 Å². The lowest BCUT2D eigenvalue weighted by Crippen LogP contribution is -2.29. The van der Waals surface area contributed by atoms with E-state index in [-0.39, 0.29) is 6.10 Å². The summed E-state index contributed by atoms with van der Waals surface area (Å²) in [7, 11) is 0. The number of anilines is 1. The van der Waals surface area contributed by atoms with Crippen LogP contribution in [0.4, 0.5) is 5.82 Å². The van der Waals surface area contributed by atoms with E-state index in [2.05, 4.69) is 26.3 Å². The average Bonchev–Trinajstić information content (AvgIpc) is 3.46. The topological polar surface area (TPSA) is 91.1 Å². The molecule has 1 unspecified atom stereocenters. The van der Waals surface area contributed by atoms with Gasteiger partial charge in [-0.1, -0.05) is 23.7 Å². The van der Waals surface area contributed by atoms with Gasteiger partial charge in [0.1, 0.15) is 12.4 Å². The molecule has 5 rings (SSSR count). The molecule has 8 heteroatoms. The van der Waals surface area contributed by atoms with Gasteiger partial charge in [0.05, 0.1) is 17.6 Å². The van der Waals surface area contributed by atoms with E-state index in [0.29, 0.717) is 29.6 Å². The van der Waals surface area contributed by atoms with Crippen LogP contribution >= 0.6 is 11.6 Å². The van der Waals surface area contributed by atoms with E-state index in [1.807, 2.05) is 38.2 Å². The fourth-order valence-corrected chi connectivity index (χ4v) is 4.82. The molecule has 4 aromatic rings. The number of aryl methyl sites for hydroxylation is 1. The molecule has 0 amide bonds. The summed E-state index contributed by atoms with van der Waals surface area (Å²) in [5, 5.41) is 9.60. The third kappa shape index (κ3) is 4.30. The Morgan fingerprint density at radius 3 is 2.91 bits per heavy atom. The number of ether oxygens (including phenoxy) is 1. The van der Waals surface area contributed by atoms with E-state index in [0.717, 1.165) is 58.6 Å². The maximum absolute atomic E-state index is 6.41. The van der Waals surface area contributed by atoms with Gasteiger partial charge >= 0.3 is 0 Å². The van der Waals surface area contributed by atoms with Gasteiger partial charge in [-0.2, -0.15) is 5.10 Å². The zero-order valence-corrected chi connectivity index (χ0v) is 19.6. The molecule has 7 nitrogen and oxygen atoms in total. The summed E-state index contributed by atoms with van der Waals surface area (Å²) >= 11 is 6.41. The lowest BCUT2D eigenvalue weighted by molar-refractivity contribution is 0.222. The lowest BCUT2D eigenvalue weighted by Gasteiger charge is -2.22. The van der Waals surface area contributed by atoms with Crippen molar-refractivity contribution in [1.82, 2.24) is 20.1 Å². The van der Waals surface area contributed by atoms with Gasteiger partial charge in [-0.25, -0.2) is 4.98 Å². The molecule has 1 atom stereocenters. The van der Waals surface area contributed by atoms with E-state index in [1.54, 1.807) is 12.5 Å². The van der Waals surface area contributed by atoms with Gasteiger partial charge in [0, 0.05) is 35.0 Å². The van der Waals surface area contributed by atoms with E-state index in [4.69, 9.17) is 26.5 Å². The monoisotopic (exact) mass is 465 g/mol. The zero-order chi connectivity index (χ0) is 22.9. The predicted molar refractivity (Wildman–Crippen MR) is 131 cm³/mol. The number of rotatable bonds is 6. The first-order chi connectivity index (χ1) is 16.0. The fourth-order valence-electron chi connectivity index (χ4n) is 4.52. The first kappa shape index (κ1) is 21.8. The molecule has 0 bridgehead atoms. The Hall–Kier alpha value is -3.03. The molecule has 33 heavy (non-hydrogen) atoms. The molecule has 0 aliphatic carbocycles. The first-order valence-electron chi connectivity index (χ1n) is 11.3. The summed E-state index contributed by atoms with van der Waals surface area (Å²) in [6, 6.07) is 6.32. The van der Waals surface area contributed by atoms with Crippen LogP contribution in [0.25, 0.3) is 22.1 Å². The van der Waals surface area contributed by atoms with Gasteiger partial charge < -0.3 is 20.2 Å². The quantitative estimate of drug-likeness (QED) is 0.408. The van der Waals surface area contributed by atoms with Gasteiger partial charge in [-0.3, -0.25) is 4.68 Å². The normalized spacial score (nSPS) is 15.7. The number of hydrogen-bond acceptors (Lipinski definition) is 6. The zero-order valence-electron chi connectivity index (χ0n) is 18.8. The average molecular weight is 466 g/mol. The van der Waals surface area contributed by atoms with Crippen molar-refractivity contribution in [2.75, 3.05) is 18.8 Å². The highest BCUT2D eigenvalue weighted by Crippen LogP contribution is 2.38. The second-order valence-electron chi connectivity index (χ2n) is 8.72. The van der Waals surface area contributed by atoms with Crippen molar-refractivity contribution in [3.05, 3.63) is 59.2 Å². The van der Waals surface area contributed by atoms with Crippen LogP contribution in [-0.2, 0) is 6.42 Å². The summed E-state index contributed by atoms with van der Waals surface area (Å²) in [6.07, 6.45) is 10.1. The minimum Gasteiger partial charge on any atom is -0.483 e. The van der Waals surface area contributed by atoms with Crippen LogP contribution in [-0.4, -0.2) is 34.0 Å².